The molecule has 1 aliphatic carbocycles. The lowest BCUT2D eigenvalue weighted by Gasteiger charge is -2.37. The highest BCUT2D eigenvalue weighted by atomic mass is 79.9. The Morgan fingerprint density at radius 1 is 1.32 bits per heavy atom. The summed E-state index contributed by atoms with van der Waals surface area (Å²) in [5.41, 5.74) is 2.82. The zero-order valence-electron chi connectivity index (χ0n) is 15.1. The van der Waals surface area contributed by atoms with E-state index in [2.05, 4.69) is 22.0 Å². The summed E-state index contributed by atoms with van der Waals surface area (Å²) in [4.78, 5) is 24.0. The Labute approximate surface area is 157 Å². The number of rotatable bonds is 4. The summed E-state index contributed by atoms with van der Waals surface area (Å²) in [6.07, 6.45) is 4.25. The largest absolute Gasteiger partial charge is 0.469 e. The van der Waals surface area contributed by atoms with Crippen LogP contribution in [0.1, 0.15) is 67.4 Å². The summed E-state index contributed by atoms with van der Waals surface area (Å²) < 4.78 is 10.4. The quantitative estimate of drug-likeness (QED) is 0.417. The van der Waals surface area contributed by atoms with Crippen molar-refractivity contribution in [2.75, 3.05) is 7.11 Å². The molecule has 0 aromatic heterocycles. The highest BCUT2D eigenvalue weighted by Crippen LogP contribution is 2.49. The van der Waals surface area contributed by atoms with E-state index in [4.69, 9.17) is 9.47 Å². The maximum Gasteiger partial charge on any atom is 0.305 e. The molecule has 0 N–H and O–H groups in total. The number of fused-ring (bicyclic) bond motifs is 2. The molecule has 1 fully saturated rings. The van der Waals surface area contributed by atoms with Crippen molar-refractivity contribution in [1.82, 2.24) is 0 Å². The van der Waals surface area contributed by atoms with E-state index in [0.717, 1.165) is 36.8 Å². The van der Waals surface area contributed by atoms with E-state index in [0.29, 0.717) is 18.9 Å². The first-order valence-electron chi connectivity index (χ1n) is 8.83. The summed E-state index contributed by atoms with van der Waals surface area (Å²) in [6.45, 7) is 4.28. The Hall–Kier alpha value is -1.20. The number of methoxy groups -OCH3 is 1. The van der Waals surface area contributed by atoms with Crippen LogP contribution in [-0.4, -0.2) is 23.2 Å². The van der Waals surface area contributed by atoms with Crippen molar-refractivity contribution in [3.8, 4) is 0 Å². The van der Waals surface area contributed by atoms with Gasteiger partial charge in [0.25, 0.3) is 0 Å². The van der Waals surface area contributed by atoms with Gasteiger partial charge in [-0.3, -0.25) is 9.59 Å². The predicted molar refractivity (Wildman–Crippen MR) is 98.8 cm³/mol. The number of ketones is 1. The van der Waals surface area contributed by atoms with Gasteiger partial charge in [-0.25, -0.2) is 0 Å². The molecule has 1 spiro atoms. The van der Waals surface area contributed by atoms with Gasteiger partial charge in [0.05, 0.1) is 23.6 Å². The smallest absolute Gasteiger partial charge is 0.305 e. The molecule has 0 unspecified atom stereocenters. The molecule has 3 rings (SSSR count). The van der Waals surface area contributed by atoms with Crippen molar-refractivity contribution >= 4 is 27.7 Å². The van der Waals surface area contributed by atoms with Gasteiger partial charge in [0.2, 0.25) is 0 Å². The molecule has 4 nitrogen and oxygen atoms in total. The maximum atomic E-state index is 12.5. The van der Waals surface area contributed by atoms with E-state index in [1.165, 1.54) is 12.7 Å². The fraction of sp³-hybridized carbons (Fsp3) is 0.600. The van der Waals surface area contributed by atoms with Crippen LogP contribution in [0.3, 0.4) is 0 Å². The molecular weight excluding hydrogens is 384 g/mol. The minimum absolute atomic E-state index is 0.0815. The fourth-order valence-corrected chi connectivity index (χ4v) is 4.25. The van der Waals surface area contributed by atoms with Crippen molar-refractivity contribution in [3.63, 3.8) is 0 Å². The monoisotopic (exact) mass is 408 g/mol. The number of alkyl halides is 1. The Morgan fingerprint density at radius 3 is 2.60 bits per heavy atom. The van der Waals surface area contributed by atoms with Crippen LogP contribution in [0.15, 0.2) is 18.2 Å². The minimum Gasteiger partial charge on any atom is -0.469 e. The number of halogens is 1. The van der Waals surface area contributed by atoms with E-state index in [-0.39, 0.29) is 17.4 Å². The first kappa shape index (κ1) is 18.6. The number of hydrogen-bond acceptors (Lipinski definition) is 4. The molecule has 1 saturated carbocycles. The third kappa shape index (κ3) is 3.68. The number of ether oxygens (including phenoxy) is 2. The summed E-state index contributed by atoms with van der Waals surface area (Å²) in [5.74, 6) is 0.327. The van der Waals surface area contributed by atoms with E-state index in [1.54, 1.807) is 0 Å². The van der Waals surface area contributed by atoms with Gasteiger partial charge < -0.3 is 9.47 Å². The summed E-state index contributed by atoms with van der Waals surface area (Å²) in [6, 6.07) is 5.96. The number of benzene rings is 1. The first-order valence-corrected chi connectivity index (χ1v) is 9.62. The first-order chi connectivity index (χ1) is 11.7. The predicted octanol–water partition coefficient (Wildman–Crippen LogP) is 4.52. The molecule has 0 atom stereocenters. The molecular formula is C20H25BrO4. The van der Waals surface area contributed by atoms with E-state index in [9.17, 15) is 9.59 Å². The van der Waals surface area contributed by atoms with Gasteiger partial charge in [-0.05, 0) is 62.6 Å². The SMILES string of the molecule is COC(=O)CC1CCC2(CC1)OCc1cc(C(=O)C(C)(C)Br)ccc12. The lowest BCUT2D eigenvalue weighted by molar-refractivity contribution is -0.143. The molecule has 5 heteroatoms. The van der Waals surface area contributed by atoms with Crippen LogP contribution in [0.2, 0.25) is 0 Å². The summed E-state index contributed by atoms with van der Waals surface area (Å²) in [7, 11) is 1.44. The number of hydrogen-bond donors (Lipinski definition) is 0. The van der Waals surface area contributed by atoms with Crippen molar-refractivity contribution in [3.05, 3.63) is 34.9 Å². The standard InChI is InChI=1S/C20H25BrO4/c1-19(2,21)18(23)14-4-5-16-15(11-14)12-25-20(16)8-6-13(7-9-20)10-17(22)24-3/h4-5,11,13H,6-10,12H2,1-3H3. The Bertz CT molecular complexity index is 681. The highest BCUT2D eigenvalue weighted by Gasteiger charge is 2.43. The van der Waals surface area contributed by atoms with Crippen LogP contribution in [0.25, 0.3) is 0 Å². The average Bonchev–Trinajstić information content (AvgIpc) is 2.93. The molecule has 1 aromatic rings. The molecule has 0 saturated heterocycles. The number of Topliss-reactive ketones (excluding diaryl/α,β-unsaturated/α-hetero) is 1. The second-order valence-electron chi connectivity index (χ2n) is 7.68. The molecule has 1 aliphatic heterocycles. The normalized spacial score (nSPS) is 25.7. The third-order valence-corrected chi connectivity index (χ3v) is 5.86. The topological polar surface area (TPSA) is 52.6 Å². The van der Waals surface area contributed by atoms with Gasteiger partial charge in [0.1, 0.15) is 0 Å². The molecule has 2 aliphatic rings. The lowest BCUT2D eigenvalue weighted by Crippen LogP contribution is -2.32. The molecule has 0 radical (unpaired) electrons. The average molecular weight is 409 g/mol. The molecule has 1 aromatic carbocycles. The molecule has 25 heavy (non-hydrogen) atoms. The summed E-state index contributed by atoms with van der Waals surface area (Å²) in [5, 5.41) is 0. The van der Waals surface area contributed by atoms with Crippen LogP contribution in [0, 0.1) is 5.92 Å². The highest BCUT2D eigenvalue weighted by molar-refractivity contribution is 9.10. The Kier molecular flexibility index (Phi) is 5.09. The number of esters is 1. The van der Waals surface area contributed by atoms with Gasteiger partial charge >= 0.3 is 5.97 Å². The number of carbonyl (C=O) groups is 2. The van der Waals surface area contributed by atoms with Crippen molar-refractivity contribution < 1.29 is 19.1 Å². The van der Waals surface area contributed by atoms with Gasteiger partial charge in [0.15, 0.2) is 5.78 Å². The van der Waals surface area contributed by atoms with Crippen LogP contribution in [0.5, 0.6) is 0 Å². The van der Waals surface area contributed by atoms with Crippen LogP contribution in [0.4, 0.5) is 0 Å². The van der Waals surface area contributed by atoms with Gasteiger partial charge in [-0.15, -0.1) is 0 Å². The maximum absolute atomic E-state index is 12.5. The summed E-state index contributed by atoms with van der Waals surface area (Å²) >= 11 is 3.44. The number of carbonyl (C=O) groups excluding carboxylic acids is 2. The van der Waals surface area contributed by atoms with Gasteiger partial charge in [-0.2, -0.15) is 0 Å². The van der Waals surface area contributed by atoms with E-state index >= 15 is 0 Å². The van der Waals surface area contributed by atoms with Crippen LogP contribution in [-0.2, 0) is 26.5 Å². The zero-order chi connectivity index (χ0) is 18.2. The van der Waals surface area contributed by atoms with Crippen molar-refractivity contribution in [2.24, 2.45) is 5.92 Å². The lowest BCUT2D eigenvalue weighted by atomic mass is 9.74. The molecule has 0 amide bonds. The molecule has 136 valence electrons. The molecule has 1 heterocycles. The van der Waals surface area contributed by atoms with Crippen LogP contribution < -0.4 is 0 Å². The Balaban J connectivity index is 1.75. The third-order valence-electron chi connectivity index (χ3n) is 5.50. The second kappa shape index (κ2) is 6.84. The van der Waals surface area contributed by atoms with E-state index in [1.807, 2.05) is 26.0 Å². The van der Waals surface area contributed by atoms with Crippen molar-refractivity contribution in [2.45, 2.75) is 62.5 Å². The minimum atomic E-state index is -0.565. The fourth-order valence-electron chi connectivity index (χ4n) is 4.02. The molecule has 0 bridgehead atoms. The van der Waals surface area contributed by atoms with Crippen LogP contribution >= 0.6 is 15.9 Å². The van der Waals surface area contributed by atoms with E-state index < -0.39 is 4.32 Å². The Morgan fingerprint density at radius 2 is 2.00 bits per heavy atom. The second-order valence-corrected chi connectivity index (χ2v) is 9.66. The van der Waals surface area contributed by atoms with Crippen molar-refractivity contribution in [1.29, 1.82) is 0 Å². The zero-order valence-corrected chi connectivity index (χ0v) is 16.6. The van der Waals surface area contributed by atoms with Gasteiger partial charge in [0, 0.05) is 12.0 Å². The van der Waals surface area contributed by atoms with Gasteiger partial charge in [-0.1, -0.05) is 28.1 Å².